The normalized spacial score (nSPS) is 11.9. The van der Waals surface area contributed by atoms with Crippen LogP contribution in [0.1, 0.15) is 6.92 Å². The number of carbonyl (C=O) groups excluding carboxylic acids is 1. The number of para-hydroxylation sites is 3. The van der Waals surface area contributed by atoms with Gasteiger partial charge in [0.15, 0.2) is 6.10 Å². The smallest absolute Gasteiger partial charge is 0.265 e. The average Bonchev–Trinajstić information content (AvgIpc) is 3.13. The van der Waals surface area contributed by atoms with E-state index in [1.54, 1.807) is 18.3 Å². The predicted molar refractivity (Wildman–Crippen MR) is 110 cm³/mol. The number of anilines is 1. The maximum atomic E-state index is 12.6. The van der Waals surface area contributed by atoms with Crippen molar-refractivity contribution in [1.29, 1.82) is 0 Å². The van der Waals surface area contributed by atoms with Gasteiger partial charge in [0, 0.05) is 5.56 Å². The van der Waals surface area contributed by atoms with E-state index in [2.05, 4.69) is 5.32 Å². The molecular formula is C22H18N2O2S. The summed E-state index contributed by atoms with van der Waals surface area (Å²) in [6.07, 6.45) is -0.615. The van der Waals surface area contributed by atoms with Crippen LogP contribution in [0.3, 0.4) is 0 Å². The minimum atomic E-state index is -0.615. The number of hydrogen-bond acceptors (Lipinski definition) is 4. The number of nitrogens with one attached hydrogen (secondary N) is 1. The summed E-state index contributed by atoms with van der Waals surface area (Å²) >= 11 is 1.61. The molecule has 0 aliphatic carbocycles. The van der Waals surface area contributed by atoms with Gasteiger partial charge < -0.3 is 10.1 Å². The van der Waals surface area contributed by atoms with Gasteiger partial charge in [-0.1, -0.05) is 42.5 Å². The Morgan fingerprint density at radius 1 is 0.963 bits per heavy atom. The molecule has 1 heterocycles. The van der Waals surface area contributed by atoms with Crippen LogP contribution in [0.2, 0.25) is 0 Å². The molecule has 0 aliphatic heterocycles. The summed E-state index contributed by atoms with van der Waals surface area (Å²) in [7, 11) is 0. The minimum Gasteiger partial charge on any atom is -0.481 e. The second kappa shape index (κ2) is 7.60. The Morgan fingerprint density at radius 3 is 2.48 bits per heavy atom. The number of benzene rings is 3. The van der Waals surface area contributed by atoms with E-state index in [9.17, 15) is 4.79 Å². The highest BCUT2D eigenvalue weighted by Crippen LogP contribution is 2.34. The van der Waals surface area contributed by atoms with Crippen molar-refractivity contribution in [1.82, 2.24) is 4.98 Å². The summed E-state index contributed by atoms with van der Waals surface area (Å²) in [4.78, 5) is 17.3. The Hall–Kier alpha value is -3.18. The molecule has 0 spiro atoms. The summed E-state index contributed by atoms with van der Waals surface area (Å²) in [5, 5.41) is 3.85. The molecule has 3 aromatic carbocycles. The quantitative estimate of drug-likeness (QED) is 0.511. The zero-order chi connectivity index (χ0) is 18.6. The third-order valence-corrected chi connectivity index (χ3v) is 5.20. The number of aromatic nitrogens is 1. The van der Waals surface area contributed by atoms with Crippen LogP contribution in [-0.4, -0.2) is 17.0 Å². The number of ether oxygens (including phenoxy) is 1. The van der Waals surface area contributed by atoms with Crippen LogP contribution in [0, 0.1) is 0 Å². The maximum Gasteiger partial charge on any atom is 0.265 e. The summed E-state index contributed by atoms with van der Waals surface area (Å²) in [5.41, 5.74) is 2.59. The van der Waals surface area contributed by atoms with Crippen LogP contribution >= 0.6 is 11.3 Å². The molecule has 1 unspecified atom stereocenters. The molecule has 4 nitrogen and oxygen atoms in total. The Morgan fingerprint density at radius 2 is 1.67 bits per heavy atom. The lowest BCUT2D eigenvalue weighted by Gasteiger charge is -2.16. The van der Waals surface area contributed by atoms with Crippen molar-refractivity contribution >= 4 is 33.1 Å². The molecule has 1 atom stereocenters. The highest BCUT2D eigenvalue weighted by atomic mass is 32.1. The number of hydrogen-bond donors (Lipinski definition) is 1. The van der Waals surface area contributed by atoms with Crippen LogP contribution in [0.15, 0.2) is 78.9 Å². The van der Waals surface area contributed by atoms with Crippen LogP contribution in [-0.2, 0) is 4.79 Å². The molecule has 134 valence electrons. The molecule has 0 bridgehead atoms. The Labute approximate surface area is 161 Å². The number of rotatable bonds is 5. The first kappa shape index (κ1) is 17.2. The van der Waals surface area contributed by atoms with E-state index in [1.165, 1.54) is 0 Å². The molecule has 1 amide bonds. The van der Waals surface area contributed by atoms with Gasteiger partial charge in [0.2, 0.25) is 0 Å². The second-order valence-electron chi connectivity index (χ2n) is 6.09. The zero-order valence-corrected chi connectivity index (χ0v) is 15.6. The van der Waals surface area contributed by atoms with Crippen LogP contribution in [0.25, 0.3) is 20.8 Å². The van der Waals surface area contributed by atoms with Gasteiger partial charge in [-0.15, -0.1) is 11.3 Å². The van der Waals surface area contributed by atoms with Crippen molar-refractivity contribution < 1.29 is 9.53 Å². The van der Waals surface area contributed by atoms with E-state index in [4.69, 9.17) is 9.72 Å². The van der Waals surface area contributed by atoms with Gasteiger partial charge in [-0.2, -0.15) is 0 Å². The van der Waals surface area contributed by atoms with E-state index in [1.807, 2.05) is 78.9 Å². The number of thiazole rings is 1. The third-order valence-electron chi connectivity index (χ3n) is 4.13. The molecular weight excluding hydrogens is 356 g/mol. The molecule has 0 aliphatic rings. The Bertz CT molecular complexity index is 1040. The van der Waals surface area contributed by atoms with E-state index < -0.39 is 6.10 Å². The third kappa shape index (κ3) is 3.83. The predicted octanol–water partition coefficient (Wildman–Crippen LogP) is 5.37. The van der Waals surface area contributed by atoms with Gasteiger partial charge in [0.1, 0.15) is 10.8 Å². The number of nitrogens with zero attached hydrogens (tertiary/aromatic N) is 1. The second-order valence-corrected chi connectivity index (χ2v) is 7.13. The molecule has 1 N–H and O–H groups in total. The monoisotopic (exact) mass is 374 g/mol. The van der Waals surface area contributed by atoms with Gasteiger partial charge >= 0.3 is 0 Å². The van der Waals surface area contributed by atoms with Crippen LogP contribution in [0.5, 0.6) is 5.75 Å². The number of fused-ring (bicyclic) bond motifs is 1. The van der Waals surface area contributed by atoms with Crippen molar-refractivity contribution in [3.8, 4) is 16.3 Å². The fraction of sp³-hybridized carbons (Fsp3) is 0.0909. The van der Waals surface area contributed by atoms with Gasteiger partial charge in [0.25, 0.3) is 5.91 Å². The lowest BCUT2D eigenvalue weighted by atomic mass is 10.2. The molecule has 5 heteroatoms. The fourth-order valence-electron chi connectivity index (χ4n) is 2.76. The van der Waals surface area contributed by atoms with Crippen molar-refractivity contribution in [3.63, 3.8) is 0 Å². The van der Waals surface area contributed by atoms with Gasteiger partial charge in [0.05, 0.1) is 15.9 Å². The lowest BCUT2D eigenvalue weighted by molar-refractivity contribution is -0.122. The van der Waals surface area contributed by atoms with Gasteiger partial charge in [-0.05, 0) is 43.3 Å². The molecule has 0 radical (unpaired) electrons. The molecule has 0 saturated carbocycles. The van der Waals surface area contributed by atoms with Gasteiger partial charge in [-0.3, -0.25) is 4.79 Å². The standard InChI is InChI=1S/C22H18N2O2S/c1-15(26-16-9-3-2-4-10-16)21(25)23-18-12-6-5-11-17(18)22-24-19-13-7-8-14-20(19)27-22/h2-15H,1H3,(H,23,25). The van der Waals surface area contributed by atoms with E-state index >= 15 is 0 Å². The molecule has 0 fully saturated rings. The summed E-state index contributed by atoms with van der Waals surface area (Å²) in [6, 6.07) is 25.0. The summed E-state index contributed by atoms with van der Waals surface area (Å²) < 4.78 is 6.84. The Kier molecular flexibility index (Phi) is 4.85. The van der Waals surface area contributed by atoms with Crippen molar-refractivity contribution in [2.45, 2.75) is 13.0 Å². The number of amides is 1. The molecule has 4 rings (SSSR count). The van der Waals surface area contributed by atoms with Crippen molar-refractivity contribution in [2.24, 2.45) is 0 Å². The van der Waals surface area contributed by atoms with Crippen molar-refractivity contribution in [2.75, 3.05) is 5.32 Å². The topological polar surface area (TPSA) is 51.2 Å². The molecule has 27 heavy (non-hydrogen) atoms. The van der Waals surface area contributed by atoms with Gasteiger partial charge in [-0.25, -0.2) is 4.98 Å². The van der Waals surface area contributed by atoms with E-state index in [0.717, 1.165) is 26.5 Å². The first-order chi connectivity index (χ1) is 13.2. The summed E-state index contributed by atoms with van der Waals surface area (Å²) in [5.74, 6) is 0.465. The maximum absolute atomic E-state index is 12.6. The molecule has 4 aromatic rings. The van der Waals surface area contributed by atoms with E-state index in [-0.39, 0.29) is 5.91 Å². The first-order valence-corrected chi connectivity index (χ1v) is 9.50. The lowest BCUT2D eigenvalue weighted by Crippen LogP contribution is -2.30. The first-order valence-electron chi connectivity index (χ1n) is 8.68. The highest BCUT2D eigenvalue weighted by Gasteiger charge is 2.17. The average molecular weight is 374 g/mol. The van der Waals surface area contributed by atoms with E-state index in [0.29, 0.717) is 5.75 Å². The number of carbonyl (C=O) groups is 1. The largest absolute Gasteiger partial charge is 0.481 e. The minimum absolute atomic E-state index is 0.201. The molecule has 0 saturated heterocycles. The zero-order valence-electron chi connectivity index (χ0n) is 14.8. The Balaban J connectivity index is 1.56. The van der Waals surface area contributed by atoms with Crippen LogP contribution < -0.4 is 10.1 Å². The van der Waals surface area contributed by atoms with Crippen molar-refractivity contribution in [3.05, 3.63) is 78.9 Å². The molecule has 1 aromatic heterocycles. The van der Waals surface area contributed by atoms with Crippen LogP contribution in [0.4, 0.5) is 5.69 Å². The summed E-state index contributed by atoms with van der Waals surface area (Å²) in [6.45, 7) is 1.74. The SMILES string of the molecule is CC(Oc1ccccc1)C(=O)Nc1ccccc1-c1nc2ccccc2s1. The fourth-order valence-corrected chi connectivity index (χ4v) is 3.76. The highest BCUT2D eigenvalue weighted by molar-refractivity contribution is 7.21.